The molecule has 17 heteroatoms. The second-order valence-corrected chi connectivity index (χ2v) is 14.0. The van der Waals surface area contributed by atoms with Crippen LogP contribution < -0.4 is 25.0 Å². The van der Waals surface area contributed by atoms with Crippen LogP contribution in [0.1, 0.15) is 41.0 Å². The summed E-state index contributed by atoms with van der Waals surface area (Å²) < 4.78 is 80.5. The normalized spacial score (nSPS) is 17.7. The number of rotatable bonds is 9. The minimum Gasteiger partial charge on any atom is -0.490 e. The Hall–Kier alpha value is -4.48. The Balaban J connectivity index is 1.33. The van der Waals surface area contributed by atoms with Gasteiger partial charge in [0.25, 0.3) is 21.7 Å². The van der Waals surface area contributed by atoms with Crippen LogP contribution >= 0.6 is 11.3 Å². The zero-order valence-electron chi connectivity index (χ0n) is 25.1. The number of nitrogens with one attached hydrogen (secondary N) is 2. The first-order chi connectivity index (χ1) is 22.3. The predicted molar refractivity (Wildman–Crippen MR) is 167 cm³/mol. The molecule has 2 bridgehead atoms. The third kappa shape index (κ3) is 6.17. The summed E-state index contributed by atoms with van der Waals surface area (Å²) in [6.07, 6.45) is 1.92. The maximum Gasteiger partial charge on any atom is 0.501 e. The van der Waals surface area contributed by atoms with Gasteiger partial charge in [-0.3, -0.25) is 9.59 Å². The van der Waals surface area contributed by atoms with Crippen molar-refractivity contribution in [3.63, 3.8) is 0 Å². The molecular weight excluding hydrogens is 663 g/mol. The SMILES string of the molecule is COc1cc(C(=O)Nc2cccc(S(=O)(=O)C(F)(F)F)c2)c(NC(=O)c2c(OC(C)C)ccc3nc(N4C5COCC4C5)sc23)cn1. The summed E-state index contributed by atoms with van der Waals surface area (Å²) in [5, 5.41) is 5.85. The van der Waals surface area contributed by atoms with Gasteiger partial charge in [0, 0.05) is 11.8 Å². The van der Waals surface area contributed by atoms with E-state index in [0.717, 1.165) is 23.7 Å². The Morgan fingerprint density at radius 3 is 2.49 bits per heavy atom. The molecule has 2 fully saturated rings. The summed E-state index contributed by atoms with van der Waals surface area (Å²) in [4.78, 5) is 37.5. The number of pyridine rings is 1. The topological polar surface area (TPSA) is 149 Å². The molecule has 2 aliphatic rings. The maximum absolute atomic E-state index is 14.0. The van der Waals surface area contributed by atoms with Gasteiger partial charge in [0.2, 0.25) is 5.88 Å². The van der Waals surface area contributed by atoms with Gasteiger partial charge in [-0.25, -0.2) is 18.4 Å². The number of aromatic nitrogens is 2. The molecule has 6 rings (SSSR count). The molecule has 2 atom stereocenters. The molecule has 4 heterocycles. The van der Waals surface area contributed by atoms with Crippen LogP contribution in [0.15, 0.2) is 53.6 Å². The summed E-state index contributed by atoms with van der Waals surface area (Å²) in [6.45, 7) is 4.82. The van der Waals surface area contributed by atoms with Crippen molar-refractivity contribution in [3.05, 3.63) is 59.8 Å². The number of halogens is 3. The highest BCUT2D eigenvalue weighted by molar-refractivity contribution is 7.92. The number of alkyl halides is 3. The Kier molecular flexibility index (Phi) is 8.48. The lowest BCUT2D eigenvalue weighted by molar-refractivity contribution is -0.0436. The summed E-state index contributed by atoms with van der Waals surface area (Å²) in [5.41, 5.74) is -5.21. The van der Waals surface area contributed by atoms with Crippen molar-refractivity contribution in [2.45, 2.75) is 48.9 Å². The van der Waals surface area contributed by atoms with Crippen molar-refractivity contribution in [2.75, 3.05) is 35.9 Å². The summed E-state index contributed by atoms with van der Waals surface area (Å²) >= 11 is 1.34. The molecule has 2 unspecified atom stereocenters. The third-order valence-electron chi connectivity index (χ3n) is 7.56. The van der Waals surface area contributed by atoms with E-state index in [4.69, 9.17) is 19.2 Å². The number of thiazole rings is 1. The quantitative estimate of drug-likeness (QED) is 0.238. The Bertz CT molecular complexity index is 1970. The highest BCUT2D eigenvalue weighted by atomic mass is 32.2. The number of ether oxygens (including phenoxy) is 3. The van der Waals surface area contributed by atoms with Crippen molar-refractivity contribution in [1.29, 1.82) is 0 Å². The molecule has 2 aromatic heterocycles. The van der Waals surface area contributed by atoms with E-state index in [0.29, 0.717) is 35.2 Å². The number of carbonyl (C=O) groups excluding carboxylic acids is 2. The van der Waals surface area contributed by atoms with Gasteiger partial charge < -0.3 is 29.7 Å². The number of sulfone groups is 1. The van der Waals surface area contributed by atoms with Crippen molar-refractivity contribution in [1.82, 2.24) is 9.97 Å². The van der Waals surface area contributed by atoms with Crippen molar-refractivity contribution >= 4 is 59.7 Å². The van der Waals surface area contributed by atoms with Crippen molar-refractivity contribution in [3.8, 4) is 11.6 Å². The number of hydrogen-bond donors (Lipinski definition) is 2. The largest absolute Gasteiger partial charge is 0.501 e. The summed E-state index contributed by atoms with van der Waals surface area (Å²) in [6, 6.07) is 8.81. The number of nitrogens with zero attached hydrogens (tertiary/aromatic N) is 3. The highest BCUT2D eigenvalue weighted by Crippen LogP contribution is 2.43. The Morgan fingerprint density at radius 2 is 1.83 bits per heavy atom. The first kappa shape index (κ1) is 32.5. The lowest BCUT2D eigenvalue weighted by atomic mass is 9.92. The second kappa shape index (κ2) is 12.3. The van der Waals surface area contributed by atoms with Gasteiger partial charge in [0.15, 0.2) is 5.13 Å². The lowest BCUT2D eigenvalue weighted by Gasteiger charge is -2.52. The van der Waals surface area contributed by atoms with Gasteiger partial charge >= 0.3 is 5.51 Å². The number of carbonyl (C=O) groups is 2. The number of methoxy groups -OCH3 is 1. The molecule has 2 aliphatic heterocycles. The average molecular weight is 692 g/mol. The third-order valence-corrected chi connectivity index (χ3v) is 10.1. The van der Waals surface area contributed by atoms with E-state index in [-0.39, 0.29) is 46.6 Å². The molecular formula is C30H28F3N5O7S2. The van der Waals surface area contributed by atoms with Crippen molar-refractivity contribution < 1.29 is 45.4 Å². The van der Waals surface area contributed by atoms with Crippen LogP contribution in [0.4, 0.5) is 29.7 Å². The average Bonchev–Trinajstić information content (AvgIpc) is 3.43. The zero-order valence-corrected chi connectivity index (χ0v) is 26.8. The van der Waals surface area contributed by atoms with Crippen LogP contribution in [0.3, 0.4) is 0 Å². The van der Waals surface area contributed by atoms with Gasteiger partial charge in [0.05, 0.1) is 71.1 Å². The maximum atomic E-state index is 14.0. The van der Waals surface area contributed by atoms with E-state index in [1.54, 1.807) is 12.1 Å². The predicted octanol–water partition coefficient (Wildman–Crippen LogP) is 5.26. The van der Waals surface area contributed by atoms with E-state index in [2.05, 4.69) is 20.5 Å². The number of morpholine rings is 1. The molecule has 12 nitrogen and oxygen atoms in total. The van der Waals surface area contributed by atoms with Crippen LogP contribution in [0.25, 0.3) is 10.2 Å². The minimum absolute atomic E-state index is 0.00338. The van der Waals surface area contributed by atoms with E-state index >= 15 is 0 Å². The zero-order chi connectivity index (χ0) is 33.7. The van der Waals surface area contributed by atoms with Crippen LogP contribution in [0, 0.1) is 0 Å². The standard InChI is InChI=1S/C30H28F3N5O7S2/c1-15(2)45-23-8-7-21-26(46-29(37-21)38-17-10-18(38)14-44-13-17)25(23)28(40)36-22-12-34-24(43-3)11-20(22)27(39)35-16-5-4-6-19(9-16)47(41,42)30(31,32)33/h4-9,11-12,15,17-18H,10,13-14H2,1-3H3,(H,35,39)(H,36,40). The van der Waals surface area contributed by atoms with Crippen LogP contribution in [0.5, 0.6) is 11.6 Å². The fourth-order valence-electron chi connectivity index (χ4n) is 5.38. The molecule has 0 aliphatic carbocycles. The van der Waals surface area contributed by atoms with Gasteiger partial charge in [-0.1, -0.05) is 17.4 Å². The number of hydrogen-bond acceptors (Lipinski definition) is 11. The molecule has 2 N–H and O–H groups in total. The number of fused-ring (bicyclic) bond motifs is 3. The minimum atomic E-state index is -5.67. The molecule has 2 saturated heterocycles. The molecule has 0 spiro atoms. The van der Waals surface area contributed by atoms with E-state index in [1.807, 2.05) is 13.8 Å². The monoisotopic (exact) mass is 691 g/mol. The molecule has 0 saturated carbocycles. The van der Waals surface area contributed by atoms with Crippen LogP contribution in [0.2, 0.25) is 0 Å². The van der Waals surface area contributed by atoms with Gasteiger partial charge in [-0.2, -0.15) is 13.2 Å². The van der Waals surface area contributed by atoms with E-state index < -0.39 is 32.1 Å². The Morgan fingerprint density at radius 1 is 1.09 bits per heavy atom. The van der Waals surface area contributed by atoms with Crippen molar-refractivity contribution in [2.24, 2.45) is 0 Å². The number of anilines is 3. The van der Waals surface area contributed by atoms with E-state index in [1.165, 1.54) is 36.8 Å². The van der Waals surface area contributed by atoms with Gasteiger partial charge in [-0.15, -0.1) is 0 Å². The Labute approximate surface area is 270 Å². The molecule has 47 heavy (non-hydrogen) atoms. The van der Waals surface area contributed by atoms with Gasteiger partial charge in [0.1, 0.15) is 11.3 Å². The fraction of sp³-hybridized carbons (Fsp3) is 0.333. The van der Waals surface area contributed by atoms with E-state index in [9.17, 15) is 31.2 Å². The second-order valence-electron chi connectivity index (χ2n) is 11.1. The fourth-order valence-corrected chi connectivity index (χ4v) is 7.43. The first-order valence-corrected chi connectivity index (χ1v) is 16.6. The van der Waals surface area contributed by atoms with Crippen LogP contribution in [-0.2, 0) is 14.6 Å². The summed E-state index contributed by atoms with van der Waals surface area (Å²) in [5.74, 6) is -1.22. The van der Waals surface area contributed by atoms with Gasteiger partial charge in [-0.05, 0) is 50.6 Å². The molecule has 2 aromatic carbocycles. The molecule has 2 amide bonds. The number of benzene rings is 2. The molecule has 248 valence electrons. The molecule has 0 radical (unpaired) electrons. The highest BCUT2D eigenvalue weighted by Gasteiger charge is 2.47. The number of amides is 2. The summed E-state index contributed by atoms with van der Waals surface area (Å²) in [7, 11) is -4.36. The van der Waals surface area contributed by atoms with Crippen LogP contribution in [-0.4, -0.2) is 74.2 Å². The molecule has 4 aromatic rings. The first-order valence-electron chi connectivity index (χ1n) is 14.3. The lowest BCUT2D eigenvalue weighted by Crippen LogP contribution is -2.64. The smallest absolute Gasteiger partial charge is 0.490 e.